The number of nitrogens with zero attached hydrogens (tertiary/aromatic N) is 3. The minimum atomic E-state index is -0.504. The minimum Gasteiger partial charge on any atom is -0.396 e. The topological polar surface area (TPSA) is 69.5 Å². The third-order valence-corrected chi connectivity index (χ3v) is 5.20. The van der Waals surface area contributed by atoms with Gasteiger partial charge in [0, 0.05) is 42.4 Å². The van der Waals surface area contributed by atoms with E-state index in [0.29, 0.717) is 6.54 Å². The highest BCUT2D eigenvalue weighted by molar-refractivity contribution is 5.61. The van der Waals surface area contributed by atoms with Crippen molar-refractivity contribution in [2.24, 2.45) is 5.92 Å². The standard InChI is InChI=1S/C19H23N3O2/c23-12-14-9-10-22(11-17(14)24)19-15-7-4-8-16(15)20-18(21-19)13-5-2-1-3-6-13/h1-3,5-6,14,17,23-24H,4,7-12H2. The summed E-state index contributed by atoms with van der Waals surface area (Å²) in [5.41, 5.74) is 3.42. The number of hydrogen-bond donors (Lipinski definition) is 2. The van der Waals surface area contributed by atoms with Crippen molar-refractivity contribution in [3.63, 3.8) is 0 Å². The molecule has 0 bridgehead atoms. The van der Waals surface area contributed by atoms with Gasteiger partial charge in [-0.15, -0.1) is 0 Å². The van der Waals surface area contributed by atoms with Crippen LogP contribution in [0, 0.1) is 5.92 Å². The maximum Gasteiger partial charge on any atom is 0.161 e. The summed E-state index contributed by atoms with van der Waals surface area (Å²) in [7, 11) is 0. The van der Waals surface area contributed by atoms with Crippen molar-refractivity contribution >= 4 is 5.82 Å². The van der Waals surface area contributed by atoms with Gasteiger partial charge >= 0.3 is 0 Å². The van der Waals surface area contributed by atoms with Crippen LogP contribution in [0.4, 0.5) is 5.82 Å². The van der Waals surface area contributed by atoms with Crippen molar-refractivity contribution in [3.05, 3.63) is 41.6 Å². The van der Waals surface area contributed by atoms with Gasteiger partial charge in [-0.3, -0.25) is 0 Å². The number of rotatable bonds is 3. The summed E-state index contributed by atoms with van der Waals surface area (Å²) in [6.07, 6.45) is 3.41. The Balaban J connectivity index is 1.71. The number of anilines is 1. The molecule has 1 aliphatic heterocycles. The lowest BCUT2D eigenvalue weighted by Crippen LogP contribution is -2.45. The van der Waals surface area contributed by atoms with Crippen LogP contribution in [0.3, 0.4) is 0 Å². The first-order valence-corrected chi connectivity index (χ1v) is 8.75. The van der Waals surface area contributed by atoms with E-state index in [0.717, 1.165) is 55.1 Å². The molecule has 1 saturated heterocycles. The fraction of sp³-hybridized carbons (Fsp3) is 0.474. The van der Waals surface area contributed by atoms with Gasteiger partial charge in [0.2, 0.25) is 0 Å². The van der Waals surface area contributed by atoms with Crippen molar-refractivity contribution in [2.75, 3.05) is 24.6 Å². The van der Waals surface area contributed by atoms with E-state index in [1.165, 1.54) is 5.56 Å². The maximum atomic E-state index is 10.3. The Hall–Kier alpha value is -1.98. The minimum absolute atomic E-state index is 0.0234. The summed E-state index contributed by atoms with van der Waals surface area (Å²) in [4.78, 5) is 11.8. The van der Waals surface area contributed by atoms with E-state index >= 15 is 0 Å². The molecule has 0 spiro atoms. The number of piperidine rings is 1. The van der Waals surface area contributed by atoms with Gasteiger partial charge in [0.1, 0.15) is 5.82 Å². The van der Waals surface area contributed by atoms with Gasteiger partial charge in [-0.2, -0.15) is 0 Å². The van der Waals surface area contributed by atoms with Crippen LogP contribution in [-0.2, 0) is 12.8 Å². The van der Waals surface area contributed by atoms with Crippen LogP contribution in [0.1, 0.15) is 24.1 Å². The Morgan fingerprint density at radius 2 is 1.96 bits per heavy atom. The van der Waals surface area contributed by atoms with E-state index in [1.54, 1.807) is 0 Å². The molecule has 0 radical (unpaired) electrons. The number of aliphatic hydroxyl groups is 2. The van der Waals surface area contributed by atoms with Gasteiger partial charge in [0.15, 0.2) is 5.82 Å². The number of β-amino-alcohol motifs (C(OH)–C–C–N with tert-alkyl or cyclic N) is 1. The van der Waals surface area contributed by atoms with E-state index in [2.05, 4.69) is 4.90 Å². The number of aliphatic hydroxyl groups excluding tert-OH is 2. The molecule has 1 fully saturated rings. The second kappa shape index (κ2) is 6.49. The van der Waals surface area contributed by atoms with E-state index in [9.17, 15) is 10.2 Å². The molecular weight excluding hydrogens is 302 g/mol. The Morgan fingerprint density at radius 1 is 1.12 bits per heavy atom. The van der Waals surface area contributed by atoms with Crippen LogP contribution < -0.4 is 4.90 Å². The summed E-state index contributed by atoms with van der Waals surface area (Å²) >= 11 is 0. The molecule has 2 N–H and O–H groups in total. The smallest absolute Gasteiger partial charge is 0.161 e. The molecule has 5 heteroatoms. The van der Waals surface area contributed by atoms with Crippen molar-refractivity contribution in [2.45, 2.75) is 31.8 Å². The quantitative estimate of drug-likeness (QED) is 0.901. The second-order valence-electron chi connectivity index (χ2n) is 6.76. The zero-order chi connectivity index (χ0) is 16.5. The lowest BCUT2D eigenvalue weighted by molar-refractivity contribution is 0.0545. The summed E-state index contributed by atoms with van der Waals surface area (Å²) in [6, 6.07) is 10.1. The molecule has 2 aromatic rings. The highest BCUT2D eigenvalue weighted by Crippen LogP contribution is 2.33. The zero-order valence-corrected chi connectivity index (χ0v) is 13.7. The van der Waals surface area contributed by atoms with Gasteiger partial charge in [0.25, 0.3) is 0 Å². The Labute approximate surface area is 142 Å². The van der Waals surface area contributed by atoms with Crippen LogP contribution in [-0.4, -0.2) is 46.0 Å². The number of aryl methyl sites for hydroxylation is 1. The largest absolute Gasteiger partial charge is 0.396 e. The van der Waals surface area contributed by atoms with E-state index in [-0.39, 0.29) is 12.5 Å². The highest BCUT2D eigenvalue weighted by atomic mass is 16.3. The molecule has 2 aliphatic rings. The molecule has 0 amide bonds. The van der Waals surface area contributed by atoms with Crippen LogP contribution in [0.15, 0.2) is 30.3 Å². The lowest BCUT2D eigenvalue weighted by atomic mass is 9.94. The molecule has 1 aromatic carbocycles. The lowest BCUT2D eigenvalue weighted by Gasteiger charge is -2.36. The van der Waals surface area contributed by atoms with E-state index in [4.69, 9.17) is 9.97 Å². The first kappa shape index (κ1) is 15.5. The third kappa shape index (κ3) is 2.78. The maximum absolute atomic E-state index is 10.3. The van der Waals surface area contributed by atoms with E-state index in [1.807, 2.05) is 30.3 Å². The summed E-state index contributed by atoms with van der Waals surface area (Å²) in [5.74, 6) is 1.72. The summed E-state index contributed by atoms with van der Waals surface area (Å²) in [6.45, 7) is 1.40. The van der Waals surface area contributed by atoms with Gasteiger partial charge in [0.05, 0.1) is 6.10 Å². The van der Waals surface area contributed by atoms with Gasteiger partial charge in [-0.1, -0.05) is 30.3 Å². The second-order valence-corrected chi connectivity index (χ2v) is 6.76. The third-order valence-electron chi connectivity index (χ3n) is 5.20. The van der Waals surface area contributed by atoms with Crippen molar-refractivity contribution < 1.29 is 10.2 Å². The van der Waals surface area contributed by atoms with Crippen LogP contribution in [0.5, 0.6) is 0 Å². The Bertz CT molecular complexity index is 720. The monoisotopic (exact) mass is 325 g/mol. The van der Waals surface area contributed by atoms with Gasteiger partial charge < -0.3 is 15.1 Å². The van der Waals surface area contributed by atoms with E-state index < -0.39 is 6.10 Å². The van der Waals surface area contributed by atoms with Crippen molar-refractivity contribution in [3.8, 4) is 11.4 Å². The first-order valence-electron chi connectivity index (χ1n) is 8.75. The first-order chi connectivity index (χ1) is 11.8. The summed E-state index contributed by atoms with van der Waals surface area (Å²) < 4.78 is 0. The predicted molar refractivity (Wildman–Crippen MR) is 92.9 cm³/mol. The molecule has 4 rings (SSSR count). The Kier molecular flexibility index (Phi) is 4.21. The number of benzene rings is 1. The molecule has 2 heterocycles. The van der Waals surface area contributed by atoms with Crippen LogP contribution >= 0.6 is 0 Å². The molecule has 2 unspecified atom stereocenters. The molecule has 5 nitrogen and oxygen atoms in total. The van der Waals surface area contributed by atoms with Crippen molar-refractivity contribution in [1.29, 1.82) is 0 Å². The fourth-order valence-corrected chi connectivity index (χ4v) is 3.78. The number of fused-ring (bicyclic) bond motifs is 1. The molecule has 1 aromatic heterocycles. The molecule has 0 saturated carbocycles. The Morgan fingerprint density at radius 3 is 2.71 bits per heavy atom. The predicted octanol–water partition coefficient (Wildman–Crippen LogP) is 1.81. The molecule has 24 heavy (non-hydrogen) atoms. The summed E-state index contributed by atoms with van der Waals surface area (Å²) in [5, 5.41) is 19.7. The van der Waals surface area contributed by atoms with Crippen LogP contribution in [0.2, 0.25) is 0 Å². The van der Waals surface area contributed by atoms with Gasteiger partial charge in [-0.25, -0.2) is 9.97 Å². The molecule has 126 valence electrons. The highest BCUT2D eigenvalue weighted by Gasteiger charge is 2.31. The van der Waals surface area contributed by atoms with Crippen LogP contribution in [0.25, 0.3) is 11.4 Å². The normalized spacial score (nSPS) is 23.3. The zero-order valence-electron chi connectivity index (χ0n) is 13.7. The average Bonchev–Trinajstić information content (AvgIpc) is 3.10. The molecular formula is C19H23N3O2. The number of aromatic nitrogens is 2. The molecule has 2 atom stereocenters. The van der Waals surface area contributed by atoms with Crippen molar-refractivity contribution in [1.82, 2.24) is 9.97 Å². The fourth-order valence-electron chi connectivity index (χ4n) is 3.78. The number of hydrogen-bond acceptors (Lipinski definition) is 5. The van der Waals surface area contributed by atoms with Gasteiger partial charge in [-0.05, 0) is 25.7 Å². The molecule has 1 aliphatic carbocycles. The average molecular weight is 325 g/mol. The SMILES string of the molecule is OCC1CCN(c2nc(-c3ccccc3)nc3c2CCC3)CC1O.